The van der Waals surface area contributed by atoms with Crippen molar-refractivity contribution in [3.8, 4) is 0 Å². The number of H-pyrrole nitrogens is 1. The zero-order chi connectivity index (χ0) is 9.97. The second kappa shape index (κ2) is 3.46. The van der Waals surface area contributed by atoms with Crippen LogP contribution in [0.15, 0.2) is 35.1 Å². The Morgan fingerprint density at radius 3 is 2.93 bits per heavy atom. The van der Waals surface area contributed by atoms with Crippen molar-refractivity contribution in [1.29, 1.82) is 0 Å². The monoisotopic (exact) mass is 186 g/mol. The molecule has 1 N–H and O–H groups in total. The Bertz CT molecular complexity index is 540. The molecule has 0 aliphatic carbocycles. The number of nitrogens with one attached hydrogen (secondary N) is 1. The van der Waals surface area contributed by atoms with E-state index in [0.29, 0.717) is 0 Å². The fraction of sp³-hybridized carbons (Fsp3) is 0.0909. The van der Waals surface area contributed by atoms with E-state index in [1.54, 1.807) is 0 Å². The van der Waals surface area contributed by atoms with Gasteiger partial charge in [-0.05, 0) is 19.1 Å². The van der Waals surface area contributed by atoms with E-state index in [1.165, 1.54) is 0 Å². The van der Waals surface area contributed by atoms with E-state index >= 15 is 0 Å². The van der Waals surface area contributed by atoms with E-state index in [1.807, 2.05) is 43.3 Å². The molecule has 14 heavy (non-hydrogen) atoms. The molecule has 3 nitrogen and oxygen atoms in total. The number of para-hydroxylation sites is 1. The molecule has 1 aromatic heterocycles. The summed E-state index contributed by atoms with van der Waals surface area (Å²) in [5.41, 5.74) is 1.23. The number of nitrogens with zero attached hydrogens (tertiary/aromatic N) is 1. The molecule has 0 amide bonds. The van der Waals surface area contributed by atoms with Crippen molar-refractivity contribution in [3.05, 3.63) is 46.5 Å². The van der Waals surface area contributed by atoms with Crippen LogP contribution in [0.2, 0.25) is 0 Å². The van der Waals surface area contributed by atoms with Crippen LogP contribution in [-0.2, 0) is 0 Å². The molecular formula is C11H10N2O. The Kier molecular flexibility index (Phi) is 2.14. The lowest BCUT2D eigenvalue weighted by Crippen LogP contribution is -2.11. The molecule has 3 heteroatoms. The van der Waals surface area contributed by atoms with Crippen LogP contribution >= 0.6 is 0 Å². The van der Waals surface area contributed by atoms with Crippen LogP contribution in [0.1, 0.15) is 12.6 Å². The van der Waals surface area contributed by atoms with E-state index < -0.39 is 0 Å². The minimum atomic E-state index is -0.309. The summed E-state index contributed by atoms with van der Waals surface area (Å²) in [6, 6.07) is 7.56. The first-order valence-corrected chi connectivity index (χ1v) is 4.43. The van der Waals surface area contributed by atoms with Crippen LogP contribution in [0.4, 0.5) is 0 Å². The third-order valence-corrected chi connectivity index (χ3v) is 1.99. The minimum absolute atomic E-state index is 0.309. The first-order valence-electron chi connectivity index (χ1n) is 4.43. The molecule has 0 fully saturated rings. The highest BCUT2D eigenvalue weighted by Crippen LogP contribution is 2.13. The van der Waals surface area contributed by atoms with Crippen molar-refractivity contribution in [2.75, 3.05) is 0 Å². The highest BCUT2D eigenvalue weighted by Gasteiger charge is 1.99. The molecule has 0 spiro atoms. The Balaban J connectivity index is 2.86. The maximum atomic E-state index is 11.2. The summed E-state index contributed by atoms with van der Waals surface area (Å²) in [7, 11) is 0. The Labute approximate surface area is 81.1 Å². The zero-order valence-corrected chi connectivity index (χ0v) is 7.82. The molecule has 1 aromatic carbocycles. The largest absolute Gasteiger partial charge is 0.345 e. The predicted molar refractivity (Wildman–Crippen MR) is 57.1 cm³/mol. The molecule has 70 valence electrons. The normalized spacial score (nSPS) is 11.2. The highest BCUT2D eigenvalue weighted by molar-refractivity contribution is 5.85. The summed E-state index contributed by atoms with van der Waals surface area (Å²) < 4.78 is 0. The lowest BCUT2D eigenvalue weighted by molar-refractivity contribution is 1.11. The van der Waals surface area contributed by atoms with E-state index in [4.69, 9.17) is 0 Å². The van der Waals surface area contributed by atoms with Gasteiger partial charge in [-0.3, -0.25) is 0 Å². The van der Waals surface area contributed by atoms with Gasteiger partial charge in [0.15, 0.2) is 0 Å². The van der Waals surface area contributed by atoms with Gasteiger partial charge in [0.2, 0.25) is 0 Å². The summed E-state index contributed by atoms with van der Waals surface area (Å²) in [4.78, 5) is 17.7. The van der Waals surface area contributed by atoms with Crippen LogP contribution in [-0.4, -0.2) is 9.97 Å². The second-order valence-corrected chi connectivity index (χ2v) is 2.97. The number of aromatic amines is 1. The molecule has 0 bridgehead atoms. The number of benzene rings is 1. The molecule has 0 unspecified atom stereocenters. The van der Waals surface area contributed by atoms with E-state index in [2.05, 4.69) is 9.97 Å². The molecule has 0 saturated heterocycles. The third-order valence-electron chi connectivity index (χ3n) is 1.99. The fourth-order valence-corrected chi connectivity index (χ4v) is 1.42. The molecule has 1 heterocycles. The van der Waals surface area contributed by atoms with Crippen LogP contribution < -0.4 is 5.69 Å². The van der Waals surface area contributed by atoms with Gasteiger partial charge in [0.25, 0.3) is 0 Å². The van der Waals surface area contributed by atoms with E-state index in [-0.39, 0.29) is 5.69 Å². The molecule has 0 aliphatic rings. The van der Waals surface area contributed by atoms with Gasteiger partial charge in [0.05, 0.1) is 11.2 Å². The van der Waals surface area contributed by atoms with Crippen molar-refractivity contribution in [2.24, 2.45) is 0 Å². The maximum Gasteiger partial charge on any atom is 0.345 e. The lowest BCUT2D eigenvalue weighted by Gasteiger charge is -1.99. The highest BCUT2D eigenvalue weighted by atomic mass is 16.1. The fourth-order valence-electron chi connectivity index (χ4n) is 1.42. The summed E-state index contributed by atoms with van der Waals surface area (Å²) in [5, 5.41) is 0.963. The van der Waals surface area contributed by atoms with Crippen molar-refractivity contribution in [1.82, 2.24) is 9.97 Å². The van der Waals surface area contributed by atoms with Gasteiger partial charge in [-0.1, -0.05) is 24.3 Å². The van der Waals surface area contributed by atoms with Gasteiger partial charge >= 0.3 is 5.69 Å². The number of hydrogen-bond donors (Lipinski definition) is 1. The summed E-state index contributed by atoms with van der Waals surface area (Å²) in [5.74, 6) is 0. The standard InChI is InChI=1S/C11H10N2O/c1-2-5-9-8-6-3-4-7-10(8)13-11(14)12-9/h2-7H,1H3,(H,12,13,14). The van der Waals surface area contributed by atoms with Gasteiger partial charge in [-0.2, -0.15) is 4.98 Å². The quantitative estimate of drug-likeness (QED) is 0.739. The summed E-state index contributed by atoms with van der Waals surface area (Å²) in [6.45, 7) is 1.91. The third kappa shape index (κ3) is 1.44. The Morgan fingerprint density at radius 2 is 2.14 bits per heavy atom. The van der Waals surface area contributed by atoms with Gasteiger partial charge in [0.1, 0.15) is 0 Å². The average molecular weight is 186 g/mol. The topological polar surface area (TPSA) is 45.8 Å². The molecular weight excluding hydrogens is 176 g/mol. The SMILES string of the molecule is CC=Cc1[nH]c(=O)nc2ccccc12. The van der Waals surface area contributed by atoms with Crippen LogP contribution in [0.5, 0.6) is 0 Å². The Morgan fingerprint density at radius 1 is 1.36 bits per heavy atom. The molecule has 0 radical (unpaired) electrons. The van der Waals surface area contributed by atoms with Crippen LogP contribution in [0, 0.1) is 0 Å². The van der Waals surface area contributed by atoms with Crippen molar-refractivity contribution in [3.63, 3.8) is 0 Å². The number of hydrogen-bond acceptors (Lipinski definition) is 2. The second-order valence-electron chi connectivity index (χ2n) is 2.97. The van der Waals surface area contributed by atoms with Crippen molar-refractivity contribution >= 4 is 17.0 Å². The maximum absolute atomic E-state index is 11.2. The number of rotatable bonds is 1. The Hall–Kier alpha value is -1.90. The molecule has 0 saturated carbocycles. The number of aromatic nitrogens is 2. The minimum Gasteiger partial charge on any atom is -0.305 e. The number of allylic oxidation sites excluding steroid dienone is 1. The molecule has 2 rings (SSSR count). The van der Waals surface area contributed by atoms with E-state index in [0.717, 1.165) is 16.6 Å². The van der Waals surface area contributed by atoms with E-state index in [9.17, 15) is 4.79 Å². The smallest absolute Gasteiger partial charge is 0.305 e. The van der Waals surface area contributed by atoms with Crippen LogP contribution in [0.25, 0.3) is 17.0 Å². The van der Waals surface area contributed by atoms with Gasteiger partial charge in [0, 0.05) is 5.39 Å². The average Bonchev–Trinajstić information content (AvgIpc) is 2.18. The van der Waals surface area contributed by atoms with Crippen LogP contribution in [0.3, 0.4) is 0 Å². The van der Waals surface area contributed by atoms with Crippen molar-refractivity contribution in [2.45, 2.75) is 6.92 Å². The lowest BCUT2D eigenvalue weighted by atomic mass is 10.2. The first-order chi connectivity index (χ1) is 6.81. The summed E-state index contributed by atoms with van der Waals surface area (Å²) >= 11 is 0. The number of fused-ring (bicyclic) bond motifs is 1. The summed E-state index contributed by atoms with van der Waals surface area (Å²) in [6.07, 6.45) is 3.75. The molecule has 0 atom stereocenters. The molecule has 2 aromatic rings. The van der Waals surface area contributed by atoms with Gasteiger partial charge in [-0.15, -0.1) is 0 Å². The molecule has 0 aliphatic heterocycles. The van der Waals surface area contributed by atoms with Gasteiger partial charge in [-0.25, -0.2) is 4.79 Å². The van der Waals surface area contributed by atoms with Gasteiger partial charge < -0.3 is 4.98 Å². The first kappa shape index (κ1) is 8.69. The predicted octanol–water partition coefficient (Wildman–Crippen LogP) is 1.96. The zero-order valence-electron chi connectivity index (χ0n) is 7.82. The van der Waals surface area contributed by atoms with Crippen molar-refractivity contribution < 1.29 is 0 Å².